The Morgan fingerprint density at radius 2 is 1.83 bits per heavy atom. The lowest BCUT2D eigenvalue weighted by molar-refractivity contribution is -0.175. The minimum atomic E-state index is -4.65. The van der Waals surface area contributed by atoms with Crippen molar-refractivity contribution in [3.8, 4) is 12.3 Å². The molecule has 5 nitrogen and oxygen atoms in total. The number of likely N-dealkylation sites (tertiary alicyclic amines) is 1. The van der Waals surface area contributed by atoms with Crippen molar-refractivity contribution in [3.05, 3.63) is 95.2 Å². The molecular formula is C28H26F3N3O2. The van der Waals surface area contributed by atoms with E-state index in [1.807, 2.05) is 24.3 Å². The van der Waals surface area contributed by atoms with Crippen LogP contribution in [-0.2, 0) is 16.9 Å². The van der Waals surface area contributed by atoms with Gasteiger partial charge in [-0.05, 0) is 59.2 Å². The number of piperidine rings is 1. The molecule has 2 heterocycles. The second-order valence-corrected chi connectivity index (χ2v) is 9.23. The number of rotatable bonds is 6. The fourth-order valence-corrected chi connectivity index (χ4v) is 4.95. The summed E-state index contributed by atoms with van der Waals surface area (Å²) < 4.78 is 42.1. The summed E-state index contributed by atoms with van der Waals surface area (Å²) in [7, 11) is 0. The second kappa shape index (κ2) is 10.5. The molecule has 0 spiro atoms. The molecule has 1 saturated heterocycles. The minimum absolute atomic E-state index is 0.0173. The third-order valence-electron chi connectivity index (χ3n) is 6.67. The molecule has 2 aromatic carbocycles. The van der Waals surface area contributed by atoms with Crippen molar-refractivity contribution in [2.24, 2.45) is 16.1 Å². The van der Waals surface area contributed by atoms with Gasteiger partial charge in [0.2, 0.25) is 5.54 Å². The fourth-order valence-electron chi connectivity index (χ4n) is 4.95. The molecule has 2 aromatic rings. The molecule has 0 aromatic heterocycles. The molecular weight excluding hydrogens is 467 g/mol. The molecule has 8 heteroatoms. The first-order valence-electron chi connectivity index (χ1n) is 11.6. The molecule has 0 amide bonds. The number of carboxylic acid groups (broad SMARTS) is 1. The number of alkyl halides is 3. The van der Waals surface area contributed by atoms with Gasteiger partial charge in [-0.25, -0.2) is 0 Å². The van der Waals surface area contributed by atoms with E-state index in [0.717, 1.165) is 29.2 Å². The van der Waals surface area contributed by atoms with Crippen LogP contribution < -0.4 is 0 Å². The fraction of sp³-hybridized carbons (Fsp3) is 0.321. The van der Waals surface area contributed by atoms with Gasteiger partial charge >= 0.3 is 12.1 Å². The number of halogens is 3. The van der Waals surface area contributed by atoms with Crippen molar-refractivity contribution in [2.45, 2.75) is 37.0 Å². The van der Waals surface area contributed by atoms with Crippen LogP contribution in [0.15, 0.2) is 83.2 Å². The maximum Gasteiger partial charge on any atom is 0.423 e. The average molecular weight is 494 g/mol. The predicted molar refractivity (Wildman–Crippen MR) is 130 cm³/mol. The predicted octanol–water partition coefficient (Wildman–Crippen LogP) is 6.04. The Bertz CT molecular complexity index is 1190. The molecule has 36 heavy (non-hydrogen) atoms. The Balaban J connectivity index is 1.54. The molecule has 1 fully saturated rings. The Morgan fingerprint density at radius 3 is 2.47 bits per heavy atom. The van der Waals surface area contributed by atoms with Crippen LogP contribution in [0.2, 0.25) is 0 Å². The lowest BCUT2D eigenvalue weighted by atomic mass is 9.82. The smallest absolute Gasteiger partial charge is 0.423 e. The second-order valence-electron chi connectivity index (χ2n) is 9.23. The zero-order valence-electron chi connectivity index (χ0n) is 19.5. The number of nitrogens with zero attached hydrogens (tertiary/aromatic N) is 3. The van der Waals surface area contributed by atoms with Crippen LogP contribution in [0.3, 0.4) is 0 Å². The molecule has 1 N–H and O–H groups in total. The van der Waals surface area contributed by atoms with Crippen molar-refractivity contribution < 1.29 is 23.1 Å². The topological polar surface area (TPSA) is 65.3 Å². The van der Waals surface area contributed by atoms with E-state index in [9.17, 15) is 23.1 Å². The maximum atomic E-state index is 14.0. The van der Waals surface area contributed by atoms with Gasteiger partial charge in [-0.15, -0.1) is 6.42 Å². The number of allylic oxidation sites excluding steroid dienone is 2. The van der Waals surface area contributed by atoms with E-state index in [1.54, 1.807) is 12.1 Å². The average Bonchev–Trinajstić information content (AvgIpc) is 3.11. The van der Waals surface area contributed by atoms with E-state index < -0.39 is 17.7 Å². The van der Waals surface area contributed by atoms with Gasteiger partial charge in [0, 0.05) is 37.8 Å². The normalized spacial score (nSPS) is 24.3. The third kappa shape index (κ3) is 5.58. The number of benzene rings is 2. The number of aliphatic carboxylic acids is 1. The molecule has 0 radical (unpaired) electrons. The van der Waals surface area contributed by atoms with Crippen LogP contribution >= 0.6 is 0 Å². The summed E-state index contributed by atoms with van der Waals surface area (Å²) >= 11 is 0. The van der Waals surface area contributed by atoms with Gasteiger partial charge in [-0.2, -0.15) is 23.4 Å². The van der Waals surface area contributed by atoms with Crippen LogP contribution in [0.4, 0.5) is 13.2 Å². The van der Waals surface area contributed by atoms with Crippen LogP contribution in [-0.4, -0.2) is 35.2 Å². The van der Waals surface area contributed by atoms with Gasteiger partial charge in [-0.1, -0.05) is 48.4 Å². The molecule has 0 saturated carbocycles. The van der Waals surface area contributed by atoms with Crippen molar-refractivity contribution in [3.63, 3.8) is 0 Å². The number of carbonyl (C=O) groups is 1. The molecule has 2 aliphatic rings. The molecule has 2 aliphatic heterocycles. The van der Waals surface area contributed by atoms with E-state index in [-0.39, 0.29) is 23.8 Å². The van der Waals surface area contributed by atoms with Crippen molar-refractivity contribution in [2.75, 3.05) is 13.1 Å². The van der Waals surface area contributed by atoms with Crippen LogP contribution in [0, 0.1) is 18.3 Å². The van der Waals surface area contributed by atoms with Gasteiger partial charge in [0.1, 0.15) is 0 Å². The molecule has 4 rings (SSSR count). The lowest BCUT2D eigenvalue weighted by Gasteiger charge is -2.38. The molecule has 186 valence electrons. The molecule has 0 aliphatic carbocycles. The Morgan fingerprint density at radius 1 is 1.11 bits per heavy atom. The number of carboxylic acids is 1. The van der Waals surface area contributed by atoms with E-state index in [2.05, 4.69) is 21.0 Å². The summed E-state index contributed by atoms with van der Waals surface area (Å²) in [4.78, 5) is 13.6. The van der Waals surface area contributed by atoms with Gasteiger partial charge in [0.05, 0.1) is 0 Å². The van der Waals surface area contributed by atoms with E-state index in [0.29, 0.717) is 19.6 Å². The van der Waals surface area contributed by atoms with Crippen molar-refractivity contribution >= 4 is 5.97 Å². The van der Waals surface area contributed by atoms with Crippen LogP contribution in [0.5, 0.6) is 0 Å². The molecule has 1 unspecified atom stereocenters. The largest absolute Gasteiger partial charge is 0.481 e. The van der Waals surface area contributed by atoms with Gasteiger partial charge in [0.15, 0.2) is 0 Å². The highest BCUT2D eigenvalue weighted by Gasteiger charge is 2.55. The number of hydrogen-bond donors (Lipinski definition) is 1. The zero-order valence-corrected chi connectivity index (χ0v) is 19.5. The minimum Gasteiger partial charge on any atom is -0.481 e. The number of hydrogen-bond acceptors (Lipinski definition) is 4. The highest BCUT2D eigenvalue weighted by molar-refractivity contribution is 5.67. The zero-order chi connectivity index (χ0) is 25.8. The van der Waals surface area contributed by atoms with Crippen LogP contribution in [0.25, 0.3) is 0 Å². The monoisotopic (exact) mass is 493 g/mol. The molecule has 0 bridgehead atoms. The summed E-state index contributed by atoms with van der Waals surface area (Å²) in [6, 6.07) is 13.9. The summed E-state index contributed by atoms with van der Waals surface area (Å²) in [6.07, 6.45) is 6.55. The van der Waals surface area contributed by atoms with Crippen molar-refractivity contribution in [1.82, 2.24) is 4.90 Å². The molecule has 3 atom stereocenters. The Hall–Kier alpha value is -3.70. The number of terminal acetylenes is 1. The third-order valence-corrected chi connectivity index (χ3v) is 6.67. The van der Waals surface area contributed by atoms with Gasteiger partial charge in [0.25, 0.3) is 0 Å². The lowest BCUT2D eigenvalue weighted by Crippen LogP contribution is -2.40. The summed E-state index contributed by atoms with van der Waals surface area (Å²) in [6.45, 7) is 1.80. The van der Waals surface area contributed by atoms with Crippen LogP contribution in [0.1, 0.15) is 41.0 Å². The summed E-state index contributed by atoms with van der Waals surface area (Å²) in [5, 5.41) is 16.5. The maximum absolute atomic E-state index is 14.0. The standard InChI is InChI=1S/C28H26F3N3O2/c1-2-20-5-9-23(10-6-20)24-15-22(16-26(35)36)18-34(19-24)17-21-7-11-25(12-8-21)27(28(29,30)31)13-3-4-14-32-33-27/h1,3-14,22,24H,15-19H2,(H,35,36)/t22-,24+,27?/m1/s1. The van der Waals surface area contributed by atoms with E-state index in [4.69, 9.17) is 6.42 Å². The number of azo groups is 1. The first-order valence-corrected chi connectivity index (χ1v) is 11.6. The Kier molecular flexibility index (Phi) is 7.41. The van der Waals surface area contributed by atoms with E-state index in [1.165, 1.54) is 30.5 Å². The quantitative estimate of drug-likeness (QED) is 0.499. The van der Waals surface area contributed by atoms with Crippen molar-refractivity contribution in [1.29, 1.82) is 0 Å². The SMILES string of the molecule is C#Cc1ccc([C@H]2C[C@H](CC(=O)O)CN(Cc3ccc(C4(C(F)(F)F)C=CC=CN=N4)cc3)C2)cc1. The Labute approximate surface area is 208 Å². The first-order chi connectivity index (χ1) is 17.2. The summed E-state index contributed by atoms with van der Waals surface area (Å²) in [5.41, 5.74) is 0.153. The van der Waals surface area contributed by atoms with Gasteiger partial charge in [-0.3, -0.25) is 9.69 Å². The van der Waals surface area contributed by atoms with E-state index >= 15 is 0 Å². The van der Waals surface area contributed by atoms with Gasteiger partial charge < -0.3 is 5.11 Å². The summed E-state index contributed by atoms with van der Waals surface area (Å²) in [5.74, 6) is 1.85. The first kappa shape index (κ1) is 25.4. The highest BCUT2D eigenvalue weighted by atomic mass is 19.4. The highest BCUT2D eigenvalue weighted by Crippen LogP contribution is 2.44.